The molecule has 0 radical (unpaired) electrons. The number of nitrogens with one attached hydrogen (secondary N) is 1. The fourth-order valence-electron chi connectivity index (χ4n) is 1.98. The molecule has 0 unspecified atom stereocenters. The van der Waals surface area contributed by atoms with Crippen LogP contribution in [0.2, 0.25) is 0 Å². The molecule has 1 heterocycles. The molecule has 2 aromatic carbocycles. The second kappa shape index (κ2) is 6.44. The summed E-state index contributed by atoms with van der Waals surface area (Å²) in [5.74, 6) is 1.27. The largest absolute Gasteiger partial charge is 0.497 e. The van der Waals surface area contributed by atoms with Crippen LogP contribution in [0.3, 0.4) is 0 Å². The van der Waals surface area contributed by atoms with Crippen molar-refractivity contribution in [3.63, 3.8) is 0 Å². The van der Waals surface area contributed by atoms with Crippen LogP contribution in [-0.4, -0.2) is 16.9 Å². The Morgan fingerprint density at radius 3 is 2.55 bits per heavy atom. The van der Waals surface area contributed by atoms with E-state index in [1.165, 1.54) is 0 Å². The molecule has 0 aliphatic rings. The molecule has 0 aliphatic carbocycles. The molecule has 1 aromatic heterocycles. The van der Waals surface area contributed by atoms with Gasteiger partial charge in [-0.2, -0.15) is 0 Å². The number of hydrogen-bond donors (Lipinski definition) is 1. The summed E-state index contributed by atoms with van der Waals surface area (Å²) in [6.07, 6.45) is 0. The summed E-state index contributed by atoms with van der Waals surface area (Å²) in [5.41, 5.74) is 1.85. The van der Waals surface area contributed by atoms with Gasteiger partial charge in [-0.15, -0.1) is 5.10 Å². The fourth-order valence-corrected chi connectivity index (χ4v) is 2.16. The van der Waals surface area contributed by atoms with Crippen molar-refractivity contribution < 1.29 is 9.15 Å². The summed E-state index contributed by atoms with van der Waals surface area (Å²) in [7, 11) is 1.63. The molecule has 0 spiro atoms. The van der Waals surface area contributed by atoms with Gasteiger partial charge in [-0.05, 0) is 48.6 Å². The lowest BCUT2D eigenvalue weighted by Gasteiger charge is -2.04. The summed E-state index contributed by atoms with van der Waals surface area (Å²) in [5, 5.41) is 7.63. The minimum absolute atomic E-state index is 0.328. The van der Waals surface area contributed by atoms with Gasteiger partial charge in [0.15, 0.2) is 0 Å². The second-order valence-electron chi connectivity index (χ2n) is 4.60. The van der Waals surface area contributed by atoms with Crippen LogP contribution in [0.15, 0.2) is 59.0 Å². The third kappa shape index (κ3) is 3.17. The molecule has 5 nitrogen and oxygen atoms in total. The quantitative estimate of drug-likeness (QED) is 0.723. The maximum atomic E-state index is 5.55. The Bertz CT molecular complexity index is 794. The first-order chi connectivity index (χ1) is 10.8. The Kier molecular flexibility index (Phi) is 4.20. The molecule has 3 rings (SSSR count). The molecule has 0 bridgehead atoms. The maximum absolute atomic E-state index is 5.55. The number of nitrogens with zero attached hydrogens (tertiary/aromatic N) is 2. The minimum atomic E-state index is 0.328. The molecule has 0 saturated heterocycles. The first kappa shape index (κ1) is 14.3. The zero-order chi connectivity index (χ0) is 15.4. The molecule has 0 saturated carbocycles. The van der Waals surface area contributed by atoms with E-state index in [-0.39, 0.29) is 0 Å². The van der Waals surface area contributed by atoms with Gasteiger partial charge in [-0.25, -0.2) is 4.68 Å². The molecule has 6 heteroatoms. The lowest BCUT2D eigenvalue weighted by Crippen LogP contribution is -2.09. The third-order valence-corrected chi connectivity index (χ3v) is 3.44. The van der Waals surface area contributed by atoms with Crippen LogP contribution < -0.4 is 10.1 Å². The van der Waals surface area contributed by atoms with Crippen molar-refractivity contribution in [1.82, 2.24) is 9.78 Å². The number of methoxy groups -OCH3 is 1. The van der Waals surface area contributed by atoms with Crippen LogP contribution in [0.1, 0.15) is 0 Å². The molecule has 3 aromatic rings. The van der Waals surface area contributed by atoms with E-state index in [1.54, 1.807) is 11.8 Å². The highest BCUT2D eigenvalue weighted by atomic mass is 32.1. The molecular formula is C16H15N3O2S. The van der Waals surface area contributed by atoms with Gasteiger partial charge in [-0.1, -0.05) is 18.2 Å². The summed E-state index contributed by atoms with van der Waals surface area (Å²) < 4.78 is 12.3. The molecule has 0 amide bonds. The van der Waals surface area contributed by atoms with Gasteiger partial charge in [0.25, 0.3) is 4.84 Å². The summed E-state index contributed by atoms with van der Waals surface area (Å²) in [6, 6.07) is 17.3. The summed E-state index contributed by atoms with van der Waals surface area (Å²) in [6.45, 7) is 0.447. The van der Waals surface area contributed by atoms with E-state index in [0.717, 1.165) is 17.0 Å². The number of para-hydroxylation sites is 1. The van der Waals surface area contributed by atoms with Crippen molar-refractivity contribution in [3.05, 3.63) is 59.4 Å². The topological polar surface area (TPSA) is 52.2 Å². The first-order valence-electron chi connectivity index (χ1n) is 6.77. The summed E-state index contributed by atoms with van der Waals surface area (Å²) in [4.78, 5) is 0.328. The predicted octanol–water partition coefficient (Wildman–Crippen LogP) is 3.95. The second-order valence-corrected chi connectivity index (χ2v) is 4.95. The SMILES string of the molecule is COc1ccc(-c2nn(CNc3ccccc3)c(=S)o2)cc1. The van der Waals surface area contributed by atoms with E-state index < -0.39 is 0 Å². The molecule has 1 N–H and O–H groups in total. The number of anilines is 1. The average molecular weight is 313 g/mol. The molecule has 0 aliphatic heterocycles. The van der Waals surface area contributed by atoms with Crippen molar-refractivity contribution in [2.75, 3.05) is 12.4 Å². The fraction of sp³-hybridized carbons (Fsp3) is 0.125. The van der Waals surface area contributed by atoms with E-state index >= 15 is 0 Å². The van der Waals surface area contributed by atoms with Crippen LogP contribution in [0.25, 0.3) is 11.5 Å². The molecule has 0 fully saturated rings. The Hall–Kier alpha value is -2.60. The number of ether oxygens (including phenoxy) is 1. The van der Waals surface area contributed by atoms with Crippen molar-refractivity contribution >= 4 is 17.9 Å². The van der Waals surface area contributed by atoms with E-state index in [9.17, 15) is 0 Å². The van der Waals surface area contributed by atoms with Crippen molar-refractivity contribution in [3.8, 4) is 17.2 Å². The highest BCUT2D eigenvalue weighted by Crippen LogP contribution is 2.21. The van der Waals surface area contributed by atoms with E-state index in [0.29, 0.717) is 17.4 Å². The van der Waals surface area contributed by atoms with E-state index in [4.69, 9.17) is 21.4 Å². The zero-order valence-electron chi connectivity index (χ0n) is 12.0. The molecule has 112 valence electrons. The van der Waals surface area contributed by atoms with Gasteiger partial charge in [0, 0.05) is 11.3 Å². The molecule has 0 atom stereocenters. The van der Waals surface area contributed by atoms with Crippen LogP contribution in [0.5, 0.6) is 5.75 Å². The van der Waals surface area contributed by atoms with Crippen LogP contribution in [-0.2, 0) is 6.67 Å². The highest BCUT2D eigenvalue weighted by Gasteiger charge is 2.08. The van der Waals surface area contributed by atoms with Gasteiger partial charge >= 0.3 is 0 Å². The zero-order valence-corrected chi connectivity index (χ0v) is 12.8. The smallest absolute Gasteiger partial charge is 0.289 e. The van der Waals surface area contributed by atoms with Crippen molar-refractivity contribution in [2.24, 2.45) is 0 Å². The Labute approximate surface area is 133 Å². The van der Waals surface area contributed by atoms with Crippen LogP contribution >= 0.6 is 12.2 Å². The van der Waals surface area contributed by atoms with Crippen LogP contribution in [0, 0.1) is 4.84 Å². The summed E-state index contributed by atoms with van der Waals surface area (Å²) >= 11 is 5.21. The highest BCUT2D eigenvalue weighted by molar-refractivity contribution is 7.71. The van der Waals surface area contributed by atoms with E-state index in [2.05, 4.69) is 10.4 Å². The Morgan fingerprint density at radius 2 is 1.86 bits per heavy atom. The monoisotopic (exact) mass is 313 g/mol. The van der Waals surface area contributed by atoms with Gasteiger partial charge in [0.05, 0.1) is 7.11 Å². The minimum Gasteiger partial charge on any atom is -0.497 e. The Balaban J connectivity index is 1.77. The van der Waals surface area contributed by atoms with Gasteiger partial charge in [0.2, 0.25) is 5.89 Å². The number of aromatic nitrogens is 2. The Morgan fingerprint density at radius 1 is 1.14 bits per heavy atom. The lowest BCUT2D eigenvalue weighted by atomic mass is 10.2. The van der Waals surface area contributed by atoms with Crippen LogP contribution in [0.4, 0.5) is 5.69 Å². The first-order valence-corrected chi connectivity index (χ1v) is 7.18. The maximum Gasteiger partial charge on any atom is 0.289 e. The predicted molar refractivity (Wildman–Crippen MR) is 87.4 cm³/mol. The number of rotatable bonds is 5. The van der Waals surface area contributed by atoms with Gasteiger partial charge in [-0.3, -0.25) is 0 Å². The van der Waals surface area contributed by atoms with Crippen molar-refractivity contribution in [2.45, 2.75) is 6.67 Å². The number of hydrogen-bond acceptors (Lipinski definition) is 5. The van der Waals surface area contributed by atoms with Crippen molar-refractivity contribution in [1.29, 1.82) is 0 Å². The average Bonchev–Trinajstić information content (AvgIpc) is 2.95. The third-order valence-electron chi connectivity index (χ3n) is 3.15. The molecule has 22 heavy (non-hydrogen) atoms. The number of benzene rings is 2. The lowest BCUT2D eigenvalue weighted by molar-refractivity contribution is 0.415. The molecular weight excluding hydrogens is 298 g/mol. The van der Waals surface area contributed by atoms with Gasteiger partial charge < -0.3 is 14.5 Å². The normalized spacial score (nSPS) is 10.4. The van der Waals surface area contributed by atoms with Gasteiger partial charge in [0.1, 0.15) is 12.4 Å². The van der Waals surface area contributed by atoms with E-state index in [1.807, 2.05) is 54.6 Å². The standard InChI is InChI=1S/C16H15N3O2S/c1-20-14-9-7-12(8-10-14)15-18-19(16(22)21-15)11-17-13-5-3-2-4-6-13/h2-10,17H,11H2,1H3.